The number of carbonyl (C=O) groups is 3. The number of carboxylic acids is 1. The molecular formula is C14H11F6NO7S. The number of aromatic carboxylic acids is 1. The van der Waals surface area contributed by atoms with Crippen molar-refractivity contribution >= 4 is 27.9 Å². The van der Waals surface area contributed by atoms with Crippen LogP contribution in [0.25, 0.3) is 0 Å². The first-order valence-corrected chi connectivity index (χ1v) is 8.54. The number of methoxy groups -OCH3 is 1. The van der Waals surface area contributed by atoms with E-state index in [0.717, 1.165) is 7.11 Å². The van der Waals surface area contributed by atoms with Crippen molar-refractivity contribution in [2.75, 3.05) is 7.11 Å². The molecule has 2 N–H and O–H groups in total. The Kier molecular flexibility index (Phi) is 6.28. The molecule has 0 aliphatic heterocycles. The third kappa shape index (κ3) is 4.44. The first-order chi connectivity index (χ1) is 12.9. The standard InChI is InChI=1S/C14H11F6NO7S/c1-12(15,16)13(17,18)14(19,20)29(26,27)21-9(22)6-3-7(10(23)24)5-8(4-6)11(25)28-2/h3-5H,1-2H3,(H,21,22)(H,23,24). The number of nitrogens with one attached hydrogen (secondary N) is 1. The van der Waals surface area contributed by atoms with E-state index in [-0.39, 0.29) is 0 Å². The van der Waals surface area contributed by atoms with E-state index in [9.17, 15) is 49.1 Å². The maximum atomic E-state index is 13.6. The zero-order valence-corrected chi connectivity index (χ0v) is 15.1. The highest BCUT2D eigenvalue weighted by Gasteiger charge is 2.75. The van der Waals surface area contributed by atoms with Gasteiger partial charge in [0.05, 0.1) is 18.2 Å². The van der Waals surface area contributed by atoms with Crippen LogP contribution in [-0.2, 0) is 14.8 Å². The number of carbonyl (C=O) groups excluding carboxylic acids is 2. The molecule has 1 rings (SSSR count). The molecule has 0 aromatic heterocycles. The van der Waals surface area contributed by atoms with Crippen molar-refractivity contribution in [3.63, 3.8) is 0 Å². The van der Waals surface area contributed by atoms with Crippen LogP contribution in [0.3, 0.4) is 0 Å². The lowest BCUT2D eigenvalue weighted by Crippen LogP contribution is -2.60. The van der Waals surface area contributed by atoms with Gasteiger partial charge in [-0.25, -0.2) is 14.3 Å². The predicted octanol–water partition coefficient (Wildman–Crippen LogP) is 2.11. The molecule has 0 aliphatic carbocycles. The molecule has 15 heteroatoms. The number of hydrogen-bond donors (Lipinski definition) is 2. The van der Waals surface area contributed by atoms with Crippen molar-refractivity contribution in [1.29, 1.82) is 0 Å². The summed E-state index contributed by atoms with van der Waals surface area (Å²) in [7, 11) is -5.89. The maximum absolute atomic E-state index is 13.6. The second-order valence-corrected chi connectivity index (χ2v) is 7.23. The molecule has 0 unspecified atom stereocenters. The van der Waals surface area contributed by atoms with Gasteiger partial charge in [-0.2, -0.15) is 34.8 Å². The van der Waals surface area contributed by atoms with E-state index >= 15 is 0 Å². The van der Waals surface area contributed by atoms with Crippen LogP contribution in [0.15, 0.2) is 18.2 Å². The fourth-order valence-electron chi connectivity index (χ4n) is 1.79. The molecule has 0 saturated carbocycles. The van der Waals surface area contributed by atoms with E-state index in [1.165, 1.54) is 0 Å². The maximum Gasteiger partial charge on any atom is 0.431 e. The predicted molar refractivity (Wildman–Crippen MR) is 81.6 cm³/mol. The number of sulfonamides is 1. The molecule has 0 saturated heterocycles. The minimum atomic E-state index is -6.75. The number of benzene rings is 1. The molecular weight excluding hydrogens is 440 g/mol. The molecule has 8 nitrogen and oxygen atoms in total. The monoisotopic (exact) mass is 451 g/mol. The second-order valence-electron chi connectivity index (χ2n) is 5.51. The third-order valence-corrected chi connectivity index (χ3v) is 4.73. The number of rotatable bonds is 7. The summed E-state index contributed by atoms with van der Waals surface area (Å²) in [6.45, 7) is -0.656. The molecule has 1 amide bonds. The van der Waals surface area contributed by atoms with Gasteiger partial charge in [0.25, 0.3) is 5.91 Å². The molecule has 0 spiro atoms. The first kappa shape index (κ1) is 24.2. The SMILES string of the molecule is COC(=O)c1cc(C(=O)O)cc(C(=O)NS(=O)(=O)C(F)(F)C(F)(F)C(C)(F)F)c1. The summed E-state index contributed by atoms with van der Waals surface area (Å²) < 4.78 is 107. The molecule has 0 atom stereocenters. The Morgan fingerprint density at radius 1 is 0.966 bits per heavy atom. The molecule has 0 aliphatic rings. The molecule has 29 heavy (non-hydrogen) atoms. The van der Waals surface area contributed by atoms with Gasteiger partial charge in [0.2, 0.25) is 0 Å². The van der Waals surface area contributed by atoms with Crippen molar-refractivity contribution in [3.8, 4) is 0 Å². The van der Waals surface area contributed by atoms with Gasteiger partial charge in [0, 0.05) is 12.5 Å². The average Bonchev–Trinajstić information content (AvgIpc) is 2.58. The molecule has 1 aromatic carbocycles. The van der Waals surface area contributed by atoms with Crippen molar-refractivity contribution in [2.24, 2.45) is 0 Å². The van der Waals surface area contributed by atoms with Crippen molar-refractivity contribution in [2.45, 2.75) is 24.0 Å². The quantitative estimate of drug-likeness (QED) is 0.480. The number of alkyl halides is 6. The highest BCUT2D eigenvalue weighted by Crippen LogP contribution is 2.47. The lowest BCUT2D eigenvalue weighted by atomic mass is 10.1. The van der Waals surface area contributed by atoms with Crippen LogP contribution in [-0.4, -0.2) is 55.6 Å². The fraction of sp³-hybridized carbons (Fsp3) is 0.357. The van der Waals surface area contributed by atoms with Crippen LogP contribution in [0.4, 0.5) is 26.3 Å². The van der Waals surface area contributed by atoms with E-state index in [4.69, 9.17) is 5.11 Å². The Morgan fingerprint density at radius 3 is 1.83 bits per heavy atom. The first-order valence-electron chi connectivity index (χ1n) is 7.06. The van der Waals surface area contributed by atoms with Crippen LogP contribution in [0.5, 0.6) is 0 Å². The van der Waals surface area contributed by atoms with E-state index in [0.29, 0.717) is 22.9 Å². The Bertz CT molecular complexity index is 956. The van der Waals surface area contributed by atoms with Gasteiger partial charge in [-0.3, -0.25) is 4.79 Å². The topological polar surface area (TPSA) is 127 Å². The summed E-state index contributed by atoms with van der Waals surface area (Å²) in [5.74, 6) is -16.9. The molecule has 0 bridgehead atoms. The zero-order valence-electron chi connectivity index (χ0n) is 14.3. The summed E-state index contributed by atoms with van der Waals surface area (Å²) in [5.41, 5.74) is -2.48. The highest BCUT2D eigenvalue weighted by atomic mass is 32.2. The van der Waals surface area contributed by atoms with Gasteiger partial charge < -0.3 is 9.84 Å². The lowest BCUT2D eigenvalue weighted by molar-refractivity contribution is -0.271. The summed E-state index contributed by atoms with van der Waals surface area (Å²) in [5, 5.41) is 2.48. The summed E-state index contributed by atoms with van der Waals surface area (Å²) in [6.07, 6.45) is 0. The number of hydrogen-bond acceptors (Lipinski definition) is 6. The Balaban J connectivity index is 3.42. The number of amides is 1. The van der Waals surface area contributed by atoms with Gasteiger partial charge >= 0.3 is 39.1 Å². The number of esters is 1. The largest absolute Gasteiger partial charge is 0.478 e. The Labute approximate surface area is 158 Å². The summed E-state index contributed by atoms with van der Waals surface area (Å²) in [6, 6.07) is 1.61. The van der Waals surface area contributed by atoms with E-state index in [2.05, 4.69) is 4.74 Å². The normalized spacial score (nSPS) is 13.0. The Morgan fingerprint density at radius 2 is 1.41 bits per heavy atom. The second kappa shape index (κ2) is 7.53. The van der Waals surface area contributed by atoms with Crippen molar-refractivity contribution in [3.05, 3.63) is 34.9 Å². The van der Waals surface area contributed by atoms with Crippen LogP contribution >= 0.6 is 0 Å². The third-order valence-electron chi connectivity index (χ3n) is 3.34. The van der Waals surface area contributed by atoms with E-state index in [1.807, 2.05) is 0 Å². The van der Waals surface area contributed by atoms with Crippen molar-refractivity contribution in [1.82, 2.24) is 4.72 Å². The Hall–Kier alpha value is -2.84. The van der Waals surface area contributed by atoms with Gasteiger partial charge in [0.1, 0.15) is 0 Å². The van der Waals surface area contributed by atoms with Gasteiger partial charge in [0.15, 0.2) is 0 Å². The van der Waals surface area contributed by atoms with Gasteiger partial charge in [-0.1, -0.05) is 0 Å². The smallest absolute Gasteiger partial charge is 0.431 e. The van der Waals surface area contributed by atoms with Crippen LogP contribution < -0.4 is 4.72 Å². The molecule has 1 aromatic rings. The number of carboxylic acid groups (broad SMARTS) is 1. The van der Waals surface area contributed by atoms with E-state index < -0.39 is 68.6 Å². The molecule has 0 fully saturated rings. The van der Waals surface area contributed by atoms with Crippen LogP contribution in [0.1, 0.15) is 38.0 Å². The number of halogens is 6. The van der Waals surface area contributed by atoms with E-state index in [1.54, 1.807) is 0 Å². The minimum Gasteiger partial charge on any atom is -0.478 e. The van der Waals surface area contributed by atoms with Crippen molar-refractivity contribution < 1.29 is 59.0 Å². The number of ether oxygens (including phenoxy) is 1. The van der Waals surface area contributed by atoms with Crippen LogP contribution in [0, 0.1) is 0 Å². The van der Waals surface area contributed by atoms with Gasteiger partial charge in [-0.15, -0.1) is 0 Å². The van der Waals surface area contributed by atoms with Crippen LogP contribution in [0.2, 0.25) is 0 Å². The molecule has 162 valence electrons. The summed E-state index contributed by atoms with van der Waals surface area (Å²) >= 11 is 0. The molecule has 0 radical (unpaired) electrons. The summed E-state index contributed by atoms with van der Waals surface area (Å²) in [4.78, 5) is 34.4. The fourth-order valence-corrected chi connectivity index (χ4v) is 2.79. The lowest BCUT2D eigenvalue weighted by Gasteiger charge is -2.30. The molecule has 0 heterocycles. The zero-order chi connectivity index (χ0) is 23.0. The average molecular weight is 451 g/mol. The van der Waals surface area contributed by atoms with Gasteiger partial charge in [-0.05, 0) is 18.2 Å². The highest BCUT2D eigenvalue weighted by molar-refractivity contribution is 7.91. The minimum absolute atomic E-state index is 0.421.